The van der Waals surface area contributed by atoms with E-state index < -0.39 is 0 Å². The van der Waals surface area contributed by atoms with Crippen LogP contribution >= 0.6 is 0 Å². The van der Waals surface area contributed by atoms with Gasteiger partial charge in [0, 0.05) is 5.41 Å². The van der Waals surface area contributed by atoms with Gasteiger partial charge in [-0.2, -0.15) is 5.10 Å². The standard InChI is InChI=1S/C10H14N4/c1-4-10(2,3)9-5-8-6-11-7-12-14(8)13-9/h5-7H,4H2,1-3H3. The van der Waals surface area contributed by atoms with Crippen LogP contribution in [-0.4, -0.2) is 19.8 Å². The van der Waals surface area contributed by atoms with E-state index in [1.807, 2.05) is 6.07 Å². The Balaban J connectivity index is 2.55. The molecule has 2 aromatic rings. The zero-order chi connectivity index (χ0) is 10.2. The zero-order valence-corrected chi connectivity index (χ0v) is 8.73. The van der Waals surface area contributed by atoms with Crippen LogP contribution in [0.25, 0.3) is 5.52 Å². The maximum atomic E-state index is 4.42. The molecule has 0 bridgehead atoms. The van der Waals surface area contributed by atoms with Crippen molar-refractivity contribution in [2.75, 3.05) is 0 Å². The predicted octanol–water partition coefficient (Wildman–Crippen LogP) is 1.81. The maximum Gasteiger partial charge on any atom is 0.138 e. The molecular formula is C10H14N4. The van der Waals surface area contributed by atoms with Gasteiger partial charge in [0.05, 0.1) is 11.9 Å². The summed E-state index contributed by atoms with van der Waals surface area (Å²) in [6.45, 7) is 6.53. The van der Waals surface area contributed by atoms with Crippen LogP contribution < -0.4 is 0 Å². The van der Waals surface area contributed by atoms with E-state index >= 15 is 0 Å². The van der Waals surface area contributed by atoms with E-state index in [0.29, 0.717) is 0 Å². The molecule has 0 radical (unpaired) electrons. The molecule has 0 spiro atoms. The summed E-state index contributed by atoms with van der Waals surface area (Å²) < 4.78 is 1.62. The molecule has 0 saturated heterocycles. The summed E-state index contributed by atoms with van der Waals surface area (Å²) in [6, 6.07) is 2.05. The van der Waals surface area contributed by atoms with Gasteiger partial charge >= 0.3 is 0 Å². The summed E-state index contributed by atoms with van der Waals surface area (Å²) in [6.07, 6.45) is 4.34. The number of hydrogen-bond acceptors (Lipinski definition) is 3. The summed E-state index contributed by atoms with van der Waals surface area (Å²) in [4.78, 5) is 3.96. The van der Waals surface area contributed by atoms with Crippen molar-refractivity contribution in [3.63, 3.8) is 0 Å². The van der Waals surface area contributed by atoms with E-state index in [0.717, 1.165) is 17.6 Å². The first-order valence-electron chi connectivity index (χ1n) is 4.80. The highest BCUT2D eigenvalue weighted by Crippen LogP contribution is 2.25. The fourth-order valence-electron chi connectivity index (χ4n) is 1.27. The second-order valence-corrected chi connectivity index (χ2v) is 4.09. The van der Waals surface area contributed by atoms with E-state index in [9.17, 15) is 0 Å². The van der Waals surface area contributed by atoms with Gasteiger partial charge in [0.1, 0.15) is 11.8 Å². The zero-order valence-electron chi connectivity index (χ0n) is 8.73. The number of nitrogens with zero attached hydrogens (tertiary/aromatic N) is 4. The van der Waals surface area contributed by atoms with Gasteiger partial charge in [-0.15, -0.1) is 9.73 Å². The Bertz CT molecular complexity index is 411. The van der Waals surface area contributed by atoms with Crippen molar-refractivity contribution in [3.8, 4) is 0 Å². The largest absolute Gasteiger partial charge is 0.241 e. The van der Waals surface area contributed by atoms with Crippen molar-refractivity contribution < 1.29 is 0 Å². The third-order valence-electron chi connectivity index (χ3n) is 2.73. The monoisotopic (exact) mass is 190 g/mol. The van der Waals surface area contributed by atoms with E-state index in [4.69, 9.17) is 0 Å². The highest BCUT2D eigenvalue weighted by Gasteiger charge is 2.21. The van der Waals surface area contributed by atoms with Crippen molar-refractivity contribution in [1.82, 2.24) is 19.8 Å². The third kappa shape index (κ3) is 1.36. The van der Waals surface area contributed by atoms with Crippen molar-refractivity contribution in [1.29, 1.82) is 0 Å². The lowest BCUT2D eigenvalue weighted by atomic mass is 9.87. The first-order chi connectivity index (χ1) is 6.63. The molecule has 0 fully saturated rings. The van der Waals surface area contributed by atoms with Crippen molar-refractivity contribution in [2.45, 2.75) is 32.6 Å². The second-order valence-electron chi connectivity index (χ2n) is 4.09. The van der Waals surface area contributed by atoms with Crippen LogP contribution in [0.5, 0.6) is 0 Å². The molecule has 0 aliphatic carbocycles. The summed E-state index contributed by atoms with van der Waals surface area (Å²) in [5, 5.41) is 8.46. The van der Waals surface area contributed by atoms with Crippen LogP contribution in [-0.2, 0) is 5.41 Å². The topological polar surface area (TPSA) is 43.1 Å². The van der Waals surface area contributed by atoms with Gasteiger partial charge in [-0.25, -0.2) is 4.98 Å². The molecule has 0 aliphatic rings. The predicted molar refractivity (Wildman–Crippen MR) is 54.1 cm³/mol. The third-order valence-corrected chi connectivity index (χ3v) is 2.73. The molecule has 2 heterocycles. The Kier molecular flexibility index (Phi) is 1.98. The maximum absolute atomic E-state index is 4.42. The first kappa shape index (κ1) is 9.12. The normalized spacial score (nSPS) is 12.2. The number of aromatic nitrogens is 4. The number of fused-ring (bicyclic) bond motifs is 1. The Labute approximate surface area is 83.0 Å². The molecule has 0 N–H and O–H groups in total. The summed E-state index contributed by atoms with van der Waals surface area (Å²) in [7, 11) is 0. The molecule has 74 valence electrons. The van der Waals surface area contributed by atoms with Crippen molar-refractivity contribution >= 4 is 5.52 Å². The lowest BCUT2D eigenvalue weighted by Gasteiger charge is -2.18. The van der Waals surface area contributed by atoms with Crippen LogP contribution in [0.1, 0.15) is 32.9 Å². The van der Waals surface area contributed by atoms with Crippen LogP contribution in [0.4, 0.5) is 0 Å². The Morgan fingerprint density at radius 1 is 1.43 bits per heavy atom. The average Bonchev–Trinajstić information content (AvgIpc) is 2.61. The molecule has 0 saturated carbocycles. The van der Waals surface area contributed by atoms with E-state index in [2.05, 4.69) is 36.0 Å². The average molecular weight is 190 g/mol. The minimum atomic E-state index is 0.105. The van der Waals surface area contributed by atoms with E-state index in [1.165, 1.54) is 6.33 Å². The van der Waals surface area contributed by atoms with Crippen LogP contribution in [0, 0.1) is 0 Å². The Morgan fingerprint density at radius 2 is 2.21 bits per heavy atom. The van der Waals surface area contributed by atoms with Gasteiger partial charge < -0.3 is 0 Å². The van der Waals surface area contributed by atoms with Gasteiger partial charge in [-0.05, 0) is 12.5 Å². The van der Waals surface area contributed by atoms with Crippen LogP contribution in [0.2, 0.25) is 0 Å². The lowest BCUT2D eigenvalue weighted by Crippen LogP contribution is -2.16. The molecule has 4 nitrogen and oxygen atoms in total. The van der Waals surface area contributed by atoms with Gasteiger partial charge in [0.2, 0.25) is 0 Å². The van der Waals surface area contributed by atoms with Crippen LogP contribution in [0.15, 0.2) is 18.6 Å². The fourth-order valence-corrected chi connectivity index (χ4v) is 1.27. The Hall–Kier alpha value is -1.45. The van der Waals surface area contributed by atoms with Crippen molar-refractivity contribution in [3.05, 3.63) is 24.3 Å². The molecule has 0 amide bonds. The Morgan fingerprint density at radius 3 is 2.86 bits per heavy atom. The minimum Gasteiger partial charge on any atom is -0.241 e. The molecule has 0 unspecified atom stereocenters. The first-order valence-corrected chi connectivity index (χ1v) is 4.80. The second kappa shape index (κ2) is 3.04. The summed E-state index contributed by atoms with van der Waals surface area (Å²) in [5.74, 6) is 0. The molecular weight excluding hydrogens is 176 g/mol. The number of rotatable bonds is 2. The van der Waals surface area contributed by atoms with Gasteiger partial charge in [0.15, 0.2) is 0 Å². The summed E-state index contributed by atoms with van der Waals surface area (Å²) >= 11 is 0. The number of hydrogen-bond donors (Lipinski definition) is 0. The van der Waals surface area contributed by atoms with Crippen molar-refractivity contribution in [2.24, 2.45) is 0 Å². The quantitative estimate of drug-likeness (QED) is 0.725. The minimum absolute atomic E-state index is 0.105. The molecule has 14 heavy (non-hydrogen) atoms. The molecule has 2 aromatic heterocycles. The molecule has 0 aliphatic heterocycles. The van der Waals surface area contributed by atoms with Gasteiger partial charge in [-0.3, -0.25) is 0 Å². The molecule has 0 aromatic carbocycles. The fraction of sp³-hybridized carbons (Fsp3) is 0.500. The molecule has 4 heteroatoms. The molecule has 2 rings (SSSR count). The highest BCUT2D eigenvalue weighted by atomic mass is 15.4. The van der Waals surface area contributed by atoms with E-state index in [1.54, 1.807) is 10.8 Å². The van der Waals surface area contributed by atoms with Crippen LogP contribution in [0.3, 0.4) is 0 Å². The summed E-state index contributed by atoms with van der Waals surface area (Å²) in [5.41, 5.74) is 2.12. The van der Waals surface area contributed by atoms with Gasteiger partial charge in [-0.1, -0.05) is 20.8 Å². The highest BCUT2D eigenvalue weighted by molar-refractivity contribution is 5.45. The molecule has 0 atom stereocenters. The lowest BCUT2D eigenvalue weighted by molar-refractivity contribution is 0.483. The van der Waals surface area contributed by atoms with E-state index in [-0.39, 0.29) is 5.41 Å². The smallest absolute Gasteiger partial charge is 0.138 e. The SMILES string of the molecule is CCC(C)(C)c1cc2cncnn2n1. The van der Waals surface area contributed by atoms with Gasteiger partial charge in [0.25, 0.3) is 0 Å².